The van der Waals surface area contributed by atoms with Gasteiger partial charge in [0, 0.05) is 17.9 Å². The Kier molecular flexibility index (Phi) is 5.99. The van der Waals surface area contributed by atoms with E-state index in [9.17, 15) is 18.0 Å². The summed E-state index contributed by atoms with van der Waals surface area (Å²) in [4.78, 5) is 24.8. The van der Waals surface area contributed by atoms with Crippen LogP contribution >= 0.6 is 11.6 Å². The van der Waals surface area contributed by atoms with Crippen molar-refractivity contribution in [3.05, 3.63) is 58.9 Å². The van der Waals surface area contributed by atoms with Gasteiger partial charge < -0.3 is 4.74 Å². The fourth-order valence-electron chi connectivity index (χ4n) is 2.44. The van der Waals surface area contributed by atoms with Gasteiger partial charge in [-0.3, -0.25) is 20.4 Å². The number of rotatable bonds is 5. The molecule has 13 heteroatoms. The summed E-state index contributed by atoms with van der Waals surface area (Å²) in [5, 5.41) is 11.0. The van der Waals surface area contributed by atoms with Gasteiger partial charge in [-0.15, -0.1) is 5.10 Å². The molecule has 11 nitrogen and oxygen atoms in total. The van der Waals surface area contributed by atoms with Gasteiger partial charge in [0.2, 0.25) is 0 Å². The van der Waals surface area contributed by atoms with Gasteiger partial charge in [0.05, 0.1) is 28.3 Å². The average Bonchev–Trinajstić information content (AvgIpc) is 3.25. The minimum atomic E-state index is -3.38. The summed E-state index contributed by atoms with van der Waals surface area (Å²) in [6.07, 6.45) is 2.39. The predicted molar refractivity (Wildman–Crippen MR) is 105 cm³/mol. The second-order valence-electron chi connectivity index (χ2n) is 5.96. The van der Waals surface area contributed by atoms with Crippen molar-refractivity contribution in [1.82, 2.24) is 31.1 Å². The van der Waals surface area contributed by atoms with Crippen molar-refractivity contribution in [3.63, 3.8) is 0 Å². The molecule has 0 saturated heterocycles. The molecule has 0 atom stereocenters. The molecular weight excluding hydrogens is 436 g/mol. The highest BCUT2D eigenvalue weighted by Crippen LogP contribution is 2.29. The number of halogens is 1. The summed E-state index contributed by atoms with van der Waals surface area (Å²) in [5.41, 5.74) is 5.11. The third kappa shape index (κ3) is 4.55. The molecule has 0 aliphatic rings. The number of methoxy groups -OCH3 is 1. The van der Waals surface area contributed by atoms with E-state index >= 15 is 0 Å². The van der Waals surface area contributed by atoms with E-state index in [-0.39, 0.29) is 26.8 Å². The quantitative estimate of drug-likeness (QED) is 0.543. The summed E-state index contributed by atoms with van der Waals surface area (Å²) >= 11 is 6.22. The number of aromatic nitrogens is 4. The predicted octanol–water partition coefficient (Wildman–Crippen LogP) is 0.803. The van der Waals surface area contributed by atoms with Crippen LogP contribution in [0.2, 0.25) is 5.02 Å². The first-order valence-corrected chi connectivity index (χ1v) is 10.5. The lowest BCUT2D eigenvalue weighted by atomic mass is 10.1. The van der Waals surface area contributed by atoms with Crippen molar-refractivity contribution < 1.29 is 22.7 Å². The summed E-state index contributed by atoms with van der Waals surface area (Å²) < 4.78 is 29.5. The molecule has 0 aliphatic heterocycles. The maximum atomic E-state index is 12.5. The molecule has 0 fully saturated rings. The Bertz CT molecular complexity index is 1200. The minimum absolute atomic E-state index is 0.0621. The van der Waals surface area contributed by atoms with Gasteiger partial charge in [0.25, 0.3) is 11.8 Å². The van der Waals surface area contributed by atoms with Gasteiger partial charge >= 0.3 is 0 Å². The number of carbonyl (C=O) groups is 2. The lowest BCUT2D eigenvalue weighted by Gasteiger charge is -2.13. The van der Waals surface area contributed by atoms with E-state index in [4.69, 9.17) is 16.3 Å². The molecule has 0 aliphatic carbocycles. The van der Waals surface area contributed by atoms with Crippen molar-refractivity contribution >= 4 is 33.3 Å². The first-order chi connectivity index (χ1) is 14.2. The molecule has 1 aromatic heterocycles. The van der Waals surface area contributed by atoms with E-state index in [1.807, 2.05) is 0 Å². The summed E-state index contributed by atoms with van der Waals surface area (Å²) in [5.74, 6) is -1.15. The summed E-state index contributed by atoms with van der Waals surface area (Å²) in [7, 11) is -2.01. The third-order valence-electron chi connectivity index (χ3n) is 3.94. The van der Waals surface area contributed by atoms with E-state index in [2.05, 4.69) is 26.4 Å². The van der Waals surface area contributed by atoms with E-state index in [0.29, 0.717) is 5.69 Å². The SMILES string of the molecule is COc1cc(-n2cnnn2)c(Cl)cc1C(=O)NNC(=O)c1ccc(S(C)(=O)=O)cc1. The van der Waals surface area contributed by atoms with Crippen LogP contribution in [-0.2, 0) is 9.84 Å². The number of nitrogens with zero attached hydrogens (tertiary/aromatic N) is 4. The number of amides is 2. The Morgan fingerprint density at radius 1 is 1.10 bits per heavy atom. The minimum Gasteiger partial charge on any atom is -0.496 e. The average molecular weight is 451 g/mol. The lowest BCUT2D eigenvalue weighted by Crippen LogP contribution is -2.41. The Hall–Kier alpha value is -3.51. The molecule has 2 aromatic carbocycles. The molecule has 0 bridgehead atoms. The fourth-order valence-corrected chi connectivity index (χ4v) is 3.32. The molecule has 3 aromatic rings. The van der Waals surface area contributed by atoms with Gasteiger partial charge in [-0.25, -0.2) is 8.42 Å². The molecule has 2 amide bonds. The number of tetrazole rings is 1. The van der Waals surface area contributed by atoms with Crippen LogP contribution in [0.4, 0.5) is 0 Å². The van der Waals surface area contributed by atoms with Crippen molar-refractivity contribution in [2.75, 3.05) is 13.4 Å². The van der Waals surface area contributed by atoms with Crippen LogP contribution in [0.5, 0.6) is 5.75 Å². The third-order valence-corrected chi connectivity index (χ3v) is 5.37. The largest absolute Gasteiger partial charge is 0.496 e. The van der Waals surface area contributed by atoms with Gasteiger partial charge in [-0.05, 0) is 40.8 Å². The highest BCUT2D eigenvalue weighted by Gasteiger charge is 2.18. The van der Waals surface area contributed by atoms with E-state index in [0.717, 1.165) is 6.26 Å². The molecule has 0 spiro atoms. The monoisotopic (exact) mass is 450 g/mol. The van der Waals surface area contributed by atoms with Crippen LogP contribution in [0.15, 0.2) is 47.6 Å². The molecule has 2 N–H and O–H groups in total. The van der Waals surface area contributed by atoms with E-state index in [1.54, 1.807) is 0 Å². The Labute approximate surface area is 175 Å². The molecule has 30 heavy (non-hydrogen) atoms. The zero-order valence-electron chi connectivity index (χ0n) is 15.7. The summed E-state index contributed by atoms with van der Waals surface area (Å²) in [6.45, 7) is 0. The van der Waals surface area contributed by atoms with Crippen LogP contribution < -0.4 is 15.6 Å². The molecule has 0 unspecified atom stereocenters. The Morgan fingerprint density at radius 3 is 2.33 bits per heavy atom. The number of hydrogen-bond acceptors (Lipinski definition) is 8. The van der Waals surface area contributed by atoms with Crippen LogP contribution in [0.25, 0.3) is 5.69 Å². The highest BCUT2D eigenvalue weighted by atomic mass is 35.5. The number of benzene rings is 2. The number of sulfone groups is 1. The first kappa shape index (κ1) is 21.2. The Morgan fingerprint density at radius 2 is 1.77 bits per heavy atom. The smallest absolute Gasteiger partial charge is 0.273 e. The lowest BCUT2D eigenvalue weighted by molar-refractivity contribution is 0.0845. The zero-order valence-corrected chi connectivity index (χ0v) is 17.2. The van der Waals surface area contributed by atoms with Crippen molar-refractivity contribution in [2.45, 2.75) is 4.90 Å². The van der Waals surface area contributed by atoms with Crippen LogP contribution in [0.3, 0.4) is 0 Å². The van der Waals surface area contributed by atoms with Gasteiger partial charge in [-0.2, -0.15) is 4.68 Å². The maximum Gasteiger partial charge on any atom is 0.273 e. The first-order valence-electron chi connectivity index (χ1n) is 8.22. The topological polar surface area (TPSA) is 145 Å². The fraction of sp³-hybridized carbons (Fsp3) is 0.118. The molecule has 1 heterocycles. The van der Waals surface area contributed by atoms with Crippen molar-refractivity contribution in [1.29, 1.82) is 0 Å². The Balaban J connectivity index is 1.74. The summed E-state index contributed by atoms with van der Waals surface area (Å²) in [6, 6.07) is 8.07. The molecule has 0 radical (unpaired) electrons. The molecular formula is C17H15ClN6O5S. The number of ether oxygens (including phenoxy) is 1. The zero-order chi connectivity index (χ0) is 21.9. The normalized spacial score (nSPS) is 11.0. The van der Waals surface area contributed by atoms with Crippen LogP contribution in [0, 0.1) is 0 Å². The van der Waals surface area contributed by atoms with Crippen LogP contribution in [-0.4, -0.2) is 53.8 Å². The van der Waals surface area contributed by atoms with Gasteiger partial charge in [0.15, 0.2) is 9.84 Å². The van der Waals surface area contributed by atoms with Crippen molar-refractivity contribution in [3.8, 4) is 11.4 Å². The highest BCUT2D eigenvalue weighted by molar-refractivity contribution is 7.90. The van der Waals surface area contributed by atoms with E-state index in [1.165, 1.54) is 54.5 Å². The molecule has 0 saturated carbocycles. The number of hydrazine groups is 1. The molecule has 156 valence electrons. The maximum absolute atomic E-state index is 12.5. The second-order valence-corrected chi connectivity index (χ2v) is 8.39. The number of hydrogen-bond donors (Lipinski definition) is 2. The van der Waals surface area contributed by atoms with Gasteiger partial charge in [-0.1, -0.05) is 11.6 Å². The van der Waals surface area contributed by atoms with E-state index < -0.39 is 21.7 Å². The second kappa shape index (κ2) is 8.47. The van der Waals surface area contributed by atoms with Gasteiger partial charge in [0.1, 0.15) is 12.1 Å². The number of nitrogens with one attached hydrogen (secondary N) is 2. The van der Waals surface area contributed by atoms with Crippen LogP contribution in [0.1, 0.15) is 20.7 Å². The standard InChI is InChI=1S/C17H15ClN6O5S/c1-29-15-8-14(24-9-19-22-23-24)13(18)7-12(15)17(26)21-20-16(25)10-3-5-11(6-4-10)30(2,27)28/h3-9H,1-2H3,(H,20,25)(H,21,26). The van der Waals surface area contributed by atoms with Crippen molar-refractivity contribution in [2.24, 2.45) is 0 Å². The molecule has 3 rings (SSSR count). The number of carbonyl (C=O) groups excluding carboxylic acids is 2.